The molecule has 156 valence electrons. The Morgan fingerprint density at radius 1 is 1.23 bits per heavy atom. The van der Waals surface area contributed by atoms with E-state index in [-0.39, 0.29) is 17.5 Å². The molecule has 3 rings (SSSR count). The van der Waals surface area contributed by atoms with Crippen molar-refractivity contribution in [2.75, 3.05) is 0 Å². The predicted molar refractivity (Wildman–Crippen MR) is 126 cm³/mol. The maximum absolute atomic E-state index is 12.8. The summed E-state index contributed by atoms with van der Waals surface area (Å²) in [5, 5.41) is 12.7. The highest BCUT2D eigenvalue weighted by Crippen LogP contribution is 2.35. The summed E-state index contributed by atoms with van der Waals surface area (Å²) >= 11 is 7.02. The van der Waals surface area contributed by atoms with Crippen LogP contribution in [0.5, 0.6) is 5.75 Å². The number of ether oxygens (including phenoxy) is 1. The number of nitrogens with zero attached hydrogens (tertiary/aromatic N) is 1. The summed E-state index contributed by atoms with van der Waals surface area (Å²) in [7, 11) is 0. The van der Waals surface area contributed by atoms with Crippen molar-refractivity contribution in [3.63, 3.8) is 0 Å². The third-order valence-corrected chi connectivity index (χ3v) is 6.40. The van der Waals surface area contributed by atoms with Gasteiger partial charge in [0, 0.05) is 16.1 Å². The maximum Gasteiger partial charge on any atom is 0.262 e. The fourth-order valence-electron chi connectivity index (χ4n) is 3.65. The first-order chi connectivity index (χ1) is 14.5. The molecule has 1 amide bonds. The molecule has 1 aliphatic rings. The number of benzene rings is 2. The molecule has 2 aromatic carbocycles. The van der Waals surface area contributed by atoms with Gasteiger partial charge in [0.2, 0.25) is 0 Å². The van der Waals surface area contributed by atoms with Crippen LogP contribution in [-0.4, -0.2) is 11.9 Å². The van der Waals surface area contributed by atoms with E-state index >= 15 is 0 Å². The van der Waals surface area contributed by atoms with Crippen LogP contribution >= 0.6 is 31.9 Å². The van der Waals surface area contributed by atoms with E-state index in [1.54, 1.807) is 6.08 Å². The Morgan fingerprint density at radius 2 is 1.97 bits per heavy atom. The van der Waals surface area contributed by atoms with Crippen LogP contribution in [0.2, 0.25) is 0 Å². The molecular weight excluding hydrogens is 508 g/mol. The summed E-state index contributed by atoms with van der Waals surface area (Å²) < 4.78 is 7.62. The van der Waals surface area contributed by atoms with Crippen LogP contribution in [0.3, 0.4) is 0 Å². The first-order valence-corrected chi connectivity index (χ1v) is 11.6. The second-order valence-corrected chi connectivity index (χ2v) is 9.36. The van der Waals surface area contributed by atoms with Crippen molar-refractivity contribution in [2.45, 2.75) is 45.3 Å². The molecule has 1 fully saturated rings. The molecule has 0 aromatic heterocycles. The van der Waals surface area contributed by atoms with Gasteiger partial charge in [0.1, 0.15) is 24.0 Å². The second-order valence-electron chi connectivity index (χ2n) is 7.59. The first-order valence-electron chi connectivity index (χ1n) is 10.1. The van der Waals surface area contributed by atoms with Crippen molar-refractivity contribution in [2.24, 2.45) is 5.92 Å². The standard InChI is InChI=1S/C24H24Br2N2O2/c1-16-7-5-6-10-22(16)28-24(29)19(14-27)11-18-12-20(25)13-21(26)23(18)30-15-17-8-3-2-4-9-17/h2-4,8-9,11-13,16,22H,5-7,10,15H2,1H3,(H,28,29)/b19-11+/t16-,22+/m1/s1. The zero-order valence-corrected chi connectivity index (χ0v) is 20.0. The van der Waals surface area contributed by atoms with Crippen molar-refractivity contribution in [1.82, 2.24) is 5.32 Å². The number of carbonyl (C=O) groups excluding carboxylic acids is 1. The van der Waals surface area contributed by atoms with Gasteiger partial charge in [-0.15, -0.1) is 0 Å². The highest BCUT2D eigenvalue weighted by Gasteiger charge is 2.24. The Bertz CT molecular complexity index is 967. The quantitative estimate of drug-likeness (QED) is 0.347. The first kappa shape index (κ1) is 22.6. The fourth-order valence-corrected chi connectivity index (χ4v) is 5.02. The summed E-state index contributed by atoms with van der Waals surface area (Å²) in [6.45, 7) is 2.54. The van der Waals surface area contributed by atoms with Gasteiger partial charge in [0.15, 0.2) is 0 Å². The Balaban J connectivity index is 1.84. The van der Waals surface area contributed by atoms with Gasteiger partial charge in [-0.25, -0.2) is 0 Å². The number of hydrogen-bond donors (Lipinski definition) is 1. The van der Waals surface area contributed by atoms with Gasteiger partial charge in [-0.1, -0.05) is 66.0 Å². The molecule has 1 N–H and O–H groups in total. The van der Waals surface area contributed by atoms with Gasteiger partial charge >= 0.3 is 0 Å². The van der Waals surface area contributed by atoms with Crippen molar-refractivity contribution < 1.29 is 9.53 Å². The molecule has 0 heterocycles. The number of carbonyl (C=O) groups is 1. The molecule has 0 spiro atoms. The number of nitriles is 1. The van der Waals surface area contributed by atoms with Crippen LogP contribution in [0.4, 0.5) is 0 Å². The Labute approximate surface area is 194 Å². The molecule has 30 heavy (non-hydrogen) atoms. The smallest absolute Gasteiger partial charge is 0.262 e. The Hall–Kier alpha value is -2.10. The van der Waals surface area contributed by atoms with Crippen LogP contribution in [0.25, 0.3) is 6.08 Å². The van der Waals surface area contributed by atoms with E-state index in [2.05, 4.69) is 50.2 Å². The number of halogens is 2. The van der Waals surface area contributed by atoms with Gasteiger partial charge < -0.3 is 10.1 Å². The van der Waals surface area contributed by atoms with Crippen LogP contribution in [0.1, 0.15) is 43.7 Å². The van der Waals surface area contributed by atoms with Crippen LogP contribution in [0.15, 0.2) is 57.0 Å². The lowest BCUT2D eigenvalue weighted by Gasteiger charge is -2.29. The normalized spacial score (nSPS) is 19.1. The van der Waals surface area contributed by atoms with Gasteiger partial charge in [-0.3, -0.25) is 4.79 Å². The molecular formula is C24H24Br2N2O2. The molecule has 4 nitrogen and oxygen atoms in total. The fraction of sp³-hybridized carbons (Fsp3) is 0.333. The van der Waals surface area contributed by atoms with E-state index in [0.29, 0.717) is 23.8 Å². The van der Waals surface area contributed by atoms with E-state index in [1.807, 2.05) is 42.5 Å². The zero-order chi connectivity index (χ0) is 21.5. The number of amides is 1. The highest BCUT2D eigenvalue weighted by molar-refractivity contribution is 9.11. The Morgan fingerprint density at radius 3 is 2.67 bits per heavy atom. The van der Waals surface area contributed by atoms with Crippen LogP contribution in [0, 0.1) is 17.2 Å². The molecule has 0 bridgehead atoms. The average molecular weight is 532 g/mol. The van der Waals surface area contributed by atoms with Gasteiger partial charge in [-0.05, 0) is 58.5 Å². The molecule has 0 radical (unpaired) electrons. The second kappa shape index (κ2) is 10.8. The summed E-state index contributed by atoms with van der Waals surface area (Å²) in [5.74, 6) is 0.683. The summed E-state index contributed by atoms with van der Waals surface area (Å²) in [4.78, 5) is 12.8. The lowest BCUT2D eigenvalue weighted by molar-refractivity contribution is -0.118. The monoisotopic (exact) mass is 530 g/mol. The largest absolute Gasteiger partial charge is 0.487 e. The molecule has 0 saturated heterocycles. The molecule has 0 aliphatic heterocycles. The molecule has 1 aliphatic carbocycles. The van der Waals surface area contributed by atoms with E-state index in [1.165, 1.54) is 6.42 Å². The van der Waals surface area contributed by atoms with E-state index < -0.39 is 0 Å². The number of rotatable bonds is 6. The van der Waals surface area contributed by atoms with Gasteiger partial charge in [-0.2, -0.15) is 5.26 Å². The van der Waals surface area contributed by atoms with E-state index in [9.17, 15) is 10.1 Å². The maximum atomic E-state index is 12.8. The summed E-state index contributed by atoms with van der Waals surface area (Å²) in [6.07, 6.45) is 5.96. The highest BCUT2D eigenvalue weighted by atomic mass is 79.9. The van der Waals surface area contributed by atoms with E-state index in [0.717, 1.165) is 33.8 Å². The predicted octanol–water partition coefficient (Wildman–Crippen LogP) is 6.39. The van der Waals surface area contributed by atoms with E-state index in [4.69, 9.17) is 4.74 Å². The van der Waals surface area contributed by atoms with Crippen molar-refractivity contribution in [1.29, 1.82) is 5.26 Å². The minimum atomic E-state index is -0.332. The summed E-state index contributed by atoms with van der Waals surface area (Å²) in [6, 6.07) is 15.8. The van der Waals surface area contributed by atoms with Gasteiger partial charge in [0.25, 0.3) is 5.91 Å². The number of hydrogen-bond acceptors (Lipinski definition) is 3. The molecule has 2 aromatic rings. The minimum absolute atomic E-state index is 0.0716. The van der Waals surface area contributed by atoms with Crippen molar-refractivity contribution in [3.8, 4) is 11.8 Å². The third kappa shape index (κ3) is 5.96. The molecule has 6 heteroatoms. The Kier molecular flexibility index (Phi) is 8.12. The zero-order valence-electron chi connectivity index (χ0n) is 16.8. The minimum Gasteiger partial charge on any atom is -0.487 e. The molecule has 2 atom stereocenters. The lowest BCUT2D eigenvalue weighted by atomic mass is 9.86. The topological polar surface area (TPSA) is 62.1 Å². The SMILES string of the molecule is C[C@@H]1CCCC[C@@H]1NC(=O)/C(C#N)=C/c1cc(Br)cc(Br)c1OCc1ccccc1. The number of nitrogens with one attached hydrogen (secondary N) is 1. The van der Waals surface area contributed by atoms with Gasteiger partial charge in [0.05, 0.1) is 4.47 Å². The van der Waals surface area contributed by atoms with Crippen LogP contribution in [-0.2, 0) is 11.4 Å². The third-order valence-electron chi connectivity index (χ3n) is 5.36. The lowest BCUT2D eigenvalue weighted by Crippen LogP contribution is -2.41. The molecule has 0 unspecified atom stereocenters. The van der Waals surface area contributed by atoms with Crippen LogP contribution < -0.4 is 10.1 Å². The average Bonchev–Trinajstić information content (AvgIpc) is 2.73. The van der Waals surface area contributed by atoms with Crippen molar-refractivity contribution >= 4 is 43.8 Å². The molecule has 1 saturated carbocycles. The van der Waals surface area contributed by atoms with Crippen molar-refractivity contribution in [3.05, 3.63) is 68.1 Å². The summed E-state index contributed by atoms with van der Waals surface area (Å²) in [5.41, 5.74) is 1.77.